The summed E-state index contributed by atoms with van der Waals surface area (Å²) in [5.74, 6) is 0.0540. The number of thiazole rings is 1. The lowest BCUT2D eigenvalue weighted by atomic mass is 10.0. The summed E-state index contributed by atoms with van der Waals surface area (Å²) in [5, 5.41) is 7.83. The number of piperidine rings is 1. The van der Waals surface area contributed by atoms with Crippen LogP contribution < -0.4 is 5.32 Å². The molecule has 0 aromatic carbocycles. The summed E-state index contributed by atoms with van der Waals surface area (Å²) in [4.78, 5) is 24.4. The Morgan fingerprint density at radius 1 is 1.28 bits per heavy atom. The van der Waals surface area contributed by atoms with E-state index in [0.29, 0.717) is 6.42 Å². The molecular formula is C21H26N6OS. The van der Waals surface area contributed by atoms with Crippen molar-refractivity contribution in [3.05, 3.63) is 53.1 Å². The van der Waals surface area contributed by atoms with Crippen LogP contribution in [0.25, 0.3) is 10.6 Å². The van der Waals surface area contributed by atoms with Crippen LogP contribution in [0.5, 0.6) is 0 Å². The van der Waals surface area contributed by atoms with Crippen molar-refractivity contribution in [2.75, 3.05) is 13.1 Å². The second-order valence-electron chi connectivity index (χ2n) is 7.53. The number of aromatic nitrogens is 4. The fraction of sp³-hybridized carbons (Fsp3) is 0.429. The zero-order valence-corrected chi connectivity index (χ0v) is 17.7. The molecule has 1 N–H and O–H groups in total. The highest BCUT2D eigenvalue weighted by Gasteiger charge is 2.22. The molecule has 4 rings (SSSR count). The number of nitrogens with one attached hydrogen (secondary N) is 1. The van der Waals surface area contributed by atoms with Gasteiger partial charge in [-0.2, -0.15) is 5.10 Å². The first kappa shape index (κ1) is 19.7. The molecule has 1 fully saturated rings. The second-order valence-corrected chi connectivity index (χ2v) is 8.38. The fourth-order valence-corrected chi connectivity index (χ4v) is 4.48. The predicted octanol–water partition coefficient (Wildman–Crippen LogP) is 2.57. The van der Waals surface area contributed by atoms with Gasteiger partial charge in [0.05, 0.1) is 28.2 Å². The molecule has 1 saturated heterocycles. The number of pyridine rings is 1. The third-order valence-corrected chi connectivity index (χ3v) is 6.31. The van der Waals surface area contributed by atoms with Crippen LogP contribution in [0.15, 0.2) is 36.0 Å². The van der Waals surface area contributed by atoms with Gasteiger partial charge in [-0.05, 0) is 38.0 Å². The molecule has 3 aromatic rings. The normalized spacial score (nSPS) is 15.5. The van der Waals surface area contributed by atoms with Crippen LogP contribution in [0.2, 0.25) is 0 Å². The highest BCUT2D eigenvalue weighted by Crippen LogP contribution is 2.27. The van der Waals surface area contributed by atoms with Gasteiger partial charge < -0.3 is 5.32 Å². The van der Waals surface area contributed by atoms with E-state index in [2.05, 4.69) is 31.3 Å². The number of likely N-dealkylation sites (tertiary alicyclic amines) is 1. The van der Waals surface area contributed by atoms with Gasteiger partial charge in [-0.25, -0.2) is 4.98 Å². The SMILES string of the molecule is Cc1ncsc1-c1cc(CN2CCC(NC(=O)Cc3ccccn3)CC2)n(C)n1. The van der Waals surface area contributed by atoms with Crippen molar-refractivity contribution in [2.45, 2.75) is 38.8 Å². The third-order valence-electron chi connectivity index (χ3n) is 5.36. The zero-order valence-electron chi connectivity index (χ0n) is 16.8. The van der Waals surface area contributed by atoms with Crippen molar-refractivity contribution >= 4 is 17.2 Å². The average Bonchev–Trinajstić information content (AvgIpc) is 3.29. The molecular weight excluding hydrogens is 384 g/mol. The summed E-state index contributed by atoms with van der Waals surface area (Å²) in [6.45, 7) is 4.83. The maximum absolute atomic E-state index is 12.3. The highest BCUT2D eigenvalue weighted by atomic mass is 32.1. The summed E-state index contributed by atoms with van der Waals surface area (Å²) in [5.41, 5.74) is 5.91. The van der Waals surface area contributed by atoms with Gasteiger partial charge in [-0.3, -0.25) is 19.4 Å². The Hall–Kier alpha value is -2.58. The van der Waals surface area contributed by atoms with Gasteiger partial charge in [0, 0.05) is 44.6 Å². The quantitative estimate of drug-likeness (QED) is 0.676. The van der Waals surface area contributed by atoms with Crippen LogP contribution in [-0.4, -0.2) is 49.7 Å². The molecule has 1 amide bonds. The first-order chi connectivity index (χ1) is 14.1. The molecule has 0 spiro atoms. The predicted molar refractivity (Wildman–Crippen MR) is 113 cm³/mol. The molecule has 0 aliphatic carbocycles. The number of carbonyl (C=O) groups is 1. The average molecular weight is 411 g/mol. The van der Waals surface area contributed by atoms with E-state index in [9.17, 15) is 4.79 Å². The van der Waals surface area contributed by atoms with Gasteiger partial charge in [0.15, 0.2) is 0 Å². The van der Waals surface area contributed by atoms with Crippen LogP contribution in [0.3, 0.4) is 0 Å². The van der Waals surface area contributed by atoms with Gasteiger partial charge in [-0.15, -0.1) is 11.3 Å². The van der Waals surface area contributed by atoms with Gasteiger partial charge >= 0.3 is 0 Å². The van der Waals surface area contributed by atoms with Crippen molar-refractivity contribution in [3.8, 4) is 10.6 Å². The minimum Gasteiger partial charge on any atom is -0.353 e. The molecule has 0 bridgehead atoms. The van der Waals surface area contributed by atoms with E-state index < -0.39 is 0 Å². The van der Waals surface area contributed by atoms with E-state index in [1.165, 1.54) is 5.69 Å². The highest BCUT2D eigenvalue weighted by molar-refractivity contribution is 7.13. The topological polar surface area (TPSA) is 75.9 Å². The Morgan fingerprint density at radius 3 is 2.79 bits per heavy atom. The first-order valence-electron chi connectivity index (χ1n) is 9.93. The number of hydrogen-bond acceptors (Lipinski definition) is 6. The lowest BCUT2D eigenvalue weighted by Crippen LogP contribution is -2.45. The third kappa shape index (κ3) is 4.89. The maximum atomic E-state index is 12.3. The van der Waals surface area contributed by atoms with E-state index in [0.717, 1.165) is 54.4 Å². The smallest absolute Gasteiger partial charge is 0.226 e. The van der Waals surface area contributed by atoms with E-state index >= 15 is 0 Å². The summed E-state index contributed by atoms with van der Waals surface area (Å²) >= 11 is 1.63. The molecule has 0 unspecified atom stereocenters. The monoisotopic (exact) mass is 410 g/mol. The Bertz CT molecular complexity index is 959. The largest absolute Gasteiger partial charge is 0.353 e. The van der Waals surface area contributed by atoms with Crippen molar-refractivity contribution in [1.29, 1.82) is 0 Å². The molecule has 152 valence electrons. The van der Waals surface area contributed by atoms with Gasteiger partial charge in [0.2, 0.25) is 5.91 Å². The maximum Gasteiger partial charge on any atom is 0.226 e. The van der Waals surface area contributed by atoms with Crippen LogP contribution in [0, 0.1) is 6.92 Å². The minimum absolute atomic E-state index is 0.0540. The Morgan fingerprint density at radius 2 is 2.10 bits per heavy atom. The van der Waals surface area contributed by atoms with Gasteiger partial charge in [0.25, 0.3) is 0 Å². The number of amides is 1. The molecule has 1 aliphatic heterocycles. The Labute approximate surface area is 174 Å². The lowest BCUT2D eigenvalue weighted by Gasteiger charge is -2.32. The molecule has 0 radical (unpaired) electrons. The van der Waals surface area contributed by atoms with Crippen molar-refractivity contribution in [3.63, 3.8) is 0 Å². The first-order valence-corrected chi connectivity index (χ1v) is 10.8. The number of rotatable bonds is 6. The summed E-state index contributed by atoms with van der Waals surface area (Å²) < 4.78 is 1.97. The van der Waals surface area contributed by atoms with Crippen molar-refractivity contribution < 1.29 is 4.79 Å². The number of aryl methyl sites for hydroxylation is 2. The van der Waals surface area contributed by atoms with Crippen LogP contribution in [-0.2, 0) is 24.8 Å². The molecule has 3 aromatic heterocycles. The second kappa shape index (κ2) is 8.84. The Balaban J connectivity index is 1.28. The van der Waals surface area contributed by atoms with Gasteiger partial charge in [0.1, 0.15) is 5.69 Å². The van der Waals surface area contributed by atoms with E-state index in [4.69, 9.17) is 0 Å². The van der Waals surface area contributed by atoms with Crippen LogP contribution in [0.1, 0.15) is 29.9 Å². The summed E-state index contributed by atoms with van der Waals surface area (Å²) in [6.07, 6.45) is 4.00. The number of nitrogens with zero attached hydrogens (tertiary/aromatic N) is 5. The van der Waals surface area contributed by atoms with E-state index in [1.807, 2.05) is 42.4 Å². The molecule has 1 aliphatic rings. The van der Waals surface area contributed by atoms with Crippen molar-refractivity contribution in [2.24, 2.45) is 7.05 Å². The molecule has 0 atom stereocenters. The number of hydrogen-bond donors (Lipinski definition) is 1. The lowest BCUT2D eigenvalue weighted by molar-refractivity contribution is -0.121. The molecule has 8 heteroatoms. The van der Waals surface area contributed by atoms with Crippen molar-refractivity contribution in [1.82, 2.24) is 30.0 Å². The van der Waals surface area contributed by atoms with E-state index in [-0.39, 0.29) is 11.9 Å². The molecule has 0 saturated carbocycles. The molecule has 4 heterocycles. The standard InChI is InChI=1S/C21H26N6OS/c1-15-21(29-14-23-15)19-12-18(26(2)25-19)13-27-9-6-16(7-10-27)24-20(28)11-17-5-3-4-8-22-17/h3-5,8,12,14,16H,6-7,9-11,13H2,1-2H3,(H,24,28). The summed E-state index contributed by atoms with van der Waals surface area (Å²) in [7, 11) is 2.00. The Kier molecular flexibility index (Phi) is 6.01. The van der Waals surface area contributed by atoms with Gasteiger partial charge in [-0.1, -0.05) is 6.07 Å². The molecule has 7 nitrogen and oxygen atoms in total. The van der Waals surface area contributed by atoms with E-state index in [1.54, 1.807) is 17.5 Å². The summed E-state index contributed by atoms with van der Waals surface area (Å²) in [6, 6.07) is 8.07. The minimum atomic E-state index is 0.0540. The zero-order chi connectivity index (χ0) is 20.2. The van der Waals surface area contributed by atoms with Crippen LogP contribution in [0.4, 0.5) is 0 Å². The molecule has 29 heavy (non-hydrogen) atoms. The number of carbonyl (C=O) groups excluding carboxylic acids is 1. The fourth-order valence-electron chi connectivity index (χ4n) is 3.72. The van der Waals surface area contributed by atoms with Crippen LogP contribution >= 0.6 is 11.3 Å².